The van der Waals surface area contributed by atoms with Gasteiger partial charge in [-0.3, -0.25) is 9.48 Å². The maximum atomic E-state index is 13.2. The minimum absolute atomic E-state index is 0.0787. The number of ether oxygens (including phenoxy) is 1. The molecule has 1 aliphatic rings. The summed E-state index contributed by atoms with van der Waals surface area (Å²) < 4.78 is 46.1. The first-order chi connectivity index (χ1) is 9.86. The van der Waals surface area contributed by atoms with Gasteiger partial charge >= 0.3 is 6.18 Å². The molecule has 1 fully saturated rings. The molecule has 1 amide bonds. The lowest BCUT2D eigenvalue weighted by atomic mass is 10.1. The van der Waals surface area contributed by atoms with Crippen molar-refractivity contribution in [1.29, 1.82) is 0 Å². The number of aryl methyl sites for hydroxylation is 1. The third-order valence-corrected chi connectivity index (χ3v) is 3.46. The van der Waals surface area contributed by atoms with Crippen LogP contribution in [-0.4, -0.2) is 52.1 Å². The smallest absolute Gasteiger partial charge is 0.374 e. The number of hydrogen-bond donors (Lipinski definition) is 0. The lowest BCUT2D eigenvalue weighted by Gasteiger charge is -2.40. The summed E-state index contributed by atoms with van der Waals surface area (Å²) in [6, 6.07) is -0.477. The van der Waals surface area contributed by atoms with Gasteiger partial charge in [-0.2, -0.15) is 18.3 Å². The summed E-state index contributed by atoms with van der Waals surface area (Å²) in [5.41, 5.74) is 0.181. The Morgan fingerprint density at radius 2 is 2.24 bits per heavy atom. The van der Waals surface area contributed by atoms with Crippen LogP contribution >= 0.6 is 0 Å². The number of carbonyl (C=O) groups is 1. The molecule has 1 saturated heterocycles. The van der Waals surface area contributed by atoms with Gasteiger partial charge in [-0.15, -0.1) is 0 Å². The van der Waals surface area contributed by atoms with E-state index in [-0.39, 0.29) is 18.8 Å². The summed E-state index contributed by atoms with van der Waals surface area (Å²) in [6.45, 7) is 3.75. The van der Waals surface area contributed by atoms with Crippen molar-refractivity contribution in [3.05, 3.63) is 18.0 Å². The summed E-state index contributed by atoms with van der Waals surface area (Å²) in [5, 5.41) is 3.98. The predicted molar refractivity (Wildman–Crippen MR) is 68.8 cm³/mol. The number of morpholine rings is 1. The van der Waals surface area contributed by atoms with E-state index in [2.05, 4.69) is 5.10 Å². The van der Waals surface area contributed by atoms with Gasteiger partial charge in [0.15, 0.2) is 6.04 Å². The highest BCUT2D eigenvalue weighted by Crippen LogP contribution is 2.31. The standard InChI is InChI=1S/C13H18F3N3O2/c1-3-6-19-10(4-5-17-19)12(20)18-7-8-21-9(2)11(18)13(14,15)16/h4-5,9,11H,3,6-8H2,1-2H3/t9-,11-/m0/s1. The van der Waals surface area contributed by atoms with Gasteiger partial charge in [0.1, 0.15) is 5.69 Å². The summed E-state index contributed by atoms with van der Waals surface area (Å²) >= 11 is 0. The Hall–Kier alpha value is -1.57. The predicted octanol–water partition coefficient (Wildman–Crippen LogP) is 2.08. The van der Waals surface area contributed by atoms with Gasteiger partial charge in [-0.25, -0.2) is 0 Å². The number of amides is 1. The van der Waals surface area contributed by atoms with Crippen molar-refractivity contribution in [3.63, 3.8) is 0 Å². The van der Waals surface area contributed by atoms with Gasteiger partial charge in [0.05, 0.1) is 12.7 Å². The topological polar surface area (TPSA) is 47.4 Å². The molecule has 0 N–H and O–H groups in total. The number of nitrogens with zero attached hydrogens (tertiary/aromatic N) is 3. The normalized spacial score (nSPS) is 23.4. The molecule has 21 heavy (non-hydrogen) atoms. The maximum Gasteiger partial charge on any atom is 0.411 e. The van der Waals surface area contributed by atoms with Crippen molar-refractivity contribution >= 4 is 5.91 Å². The van der Waals surface area contributed by atoms with Crippen LogP contribution in [0.25, 0.3) is 0 Å². The van der Waals surface area contributed by atoms with E-state index in [9.17, 15) is 18.0 Å². The van der Waals surface area contributed by atoms with Crippen LogP contribution in [0.2, 0.25) is 0 Å². The van der Waals surface area contributed by atoms with E-state index < -0.39 is 24.2 Å². The molecule has 0 bridgehead atoms. The average molecular weight is 305 g/mol. The largest absolute Gasteiger partial charge is 0.411 e. The molecule has 1 aromatic rings. The molecule has 2 heterocycles. The summed E-state index contributed by atoms with van der Waals surface area (Å²) in [4.78, 5) is 13.3. The number of aromatic nitrogens is 2. The first kappa shape index (κ1) is 15.8. The number of alkyl halides is 3. The van der Waals surface area contributed by atoms with E-state index in [1.807, 2.05) is 6.92 Å². The minimum Gasteiger partial charge on any atom is -0.374 e. The van der Waals surface area contributed by atoms with Crippen molar-refractivity contribution in [2.75, 3.05) is 13.2 Å². The Balaban J connectivity index is 2.29. The molecule has 0 spiro atoms. The molecule has 8 heteroatoms. The molecule has 2 atom stereocenters. The van der Waals surface area contributed by atoms with E-state index >= 15 is 0 Å². The van der Waals surface area contributed by atoms with E-state index in [4.69, 9.17) is 4.74 Å². The summed E-state index contributed by atoms with van der Waals surface area (Å²) in [6.07, 6.45) is -3.43. The molecular formula is C13H18F3N3O2. The second kappa shape index (κ2) is 6.05. The molecule has 0 unspecified atom stereocenters. The van der Waals surface area contributed by atoms with Gasteiger partial charge < -0.3 is 9.64 Å². The molecular weight excluding hydrogens is 287 g/mol. The van der Waals surface area contributed by atoms with Crippen LogP contribution in [0.4, 0.5) is 13.2 Å². The van der Waals surface area contributed by atoms with Crippen LogP contribution in [-0.2, 0) is 11.3 Å². The van der Waals surface area contributed by atoms with Crippen molar-refractivity contribution < 1.29 is 22.7 Å². The van der Waals surface area contributed by atoms with Gasteiger partial charge in [-0.1, -0.05) is 6.92 Å². The van der Waals surface area contributed by atoms with Crippen LogP contribution in [0, 0.1) is 0 Å². The average Bonchev–Trinajstić information content (AvgIpc) is 2.85. The molecule has 1 aliphatic heterocycles. The zero-order valence-corrected chi connectivity index (χ0v) is 11.9. The van der Waals surface area contributed by atoms with Crippen molar-refractivity contribution in [2.24, 2.45) is 0 Å². The SMILES string of the molecule is CCCn1nccc1C(=O)N1CCO[C@@H](C)[C@H]1C(F)(F)F. The number of rotatable bonds is 3. The lowest BCUT2D eigenvalue weighted by molar-refractivity contribution is -0.221. The Morgan fingerprint density at radius 3 is 2.86 bits per heavy atom. The first-order valence-corrected chi connectivity index (χ1v) is 6.87. The third-order valence-electron chi connectivity index (χ3n) is 3.46. The zero-order valence-electron chi connectivity index (χ0n) is 11.9. The van der Waals surface area contributed by atoms with Gasteiger partial charge in [0, 0.05) is 19.3 Å². The number of halogens is 3. The minimum atomic E-state index is -4.52. The van der Waals surface area contributed by atoms with E-state index in [0.717, 1.165) is 11.3 Å². The second-order valence-electron chi connectivity index (χ2n) is 5.00. The molecule has 118 valence electrons. The Labute approximate surface area is 120 Å². The quantitative estimate of drug-likeness (QED) is 0.859. The first-order valence-electron chi connectivity index (χ1n) is 6.87. The molecule has 0 saturated carbocycles. The molecule has 2 rings (SSSR count). The van der Waals surface area contributed by atoms with Crippen molar-refractivity contribution in [1.82, 2.24) is 14.7 Å². The van der Waals surface area contributed by atoms with Gasteiger partial charge in [0.2, 0.25) is 0 Å². The van der Waals surface area contributed by atoms with Crippen LogP contribution in [0.15, 0.2) is 12.3 Å². The molecule has 5 nitrogen and oxygen atoms in total. The maximum absolute atomic E-state index is 13.2. The fourth-order valence-electron chi connectivity index (χ4n) is 2.54. The highest BCUT2D eigenvalue weighted by Gasteiger charge is 2.51. The van der Waals surface area contributed by atoms with E-state index in [0.29, 0.717) is 6.54 Å². The highest BCUT2D eigenvalue weighted by atomic mass is 19.4. The number of carbonyl (C=O) groups excluding carboxylic acids is 1. The zero-order chi connectivity index (χ0) is 15.6. The van der Waals surface area contributed by atoms with E-state index in [1.165, 1.54) is 23.9 Å². The lowest BCUT2D eigenvalue weighted by Crippen LogP contribution is -2.59. The monoisotopic (exact) mass is 305 g/mol. The fourth-order valence-corrected chi connectivity index (χ4v) is 2.54. The Kier molecular flexibility index (Phi) is 4.55. The van der Waals surface area contributed by atoms with Gasteiger partial charge in [0.25, 0.3) is 5.91 Å². The Morgan fingerprint density at radius 1 is 1.52 bits per heavy atom. The second-order valence-corrected chi connectivity index (χ2v) is 5.00. The van der Waals surface area contributed by atoms with Crippen LogP contribution in [0.5, 0.6) is 0 Å². The van der Waals surface area contributed by atoms with Crippen LogP contribution in [0.3, 0.4) is 0 Å². The summed E-state index contributed by atoms with van der Waals surface area (Å²) in [5.74, 6) is -0.654. The molecule has 1 aromatic heterocycles. The van der Waals surface area contributed by atoms with Gasteiger partial charge in [-0.05, 0) is 19.4 Å². The third kappa shape index (κ3) is 3.20. The van der Waals surface area contributed by atoms with Crippen LogP contribution < -0.4 is 0 Å². The van der Waals surface area contributed by atoms with Crippen molar-refractivity contribution in [2.45, 2.75) is 45.1 Å². The molecule has 0 radical (unpaired) electrons. The summed E-state index contributed by atoms with van der Waals surface area (Å²) in [7, 11) is 0. The van der Waals surface area contributed by atoms with Crippen molar-refractivity contribution in [3.8, 4) is 0 Å². The highest BCUT2D eigenvalue weighted by molar-refractivity contribution is 5.93. The molecule has 0 aliphatic carbocycles. The fraction of sp³-hybridized carbons (Fsp3) is 0.692. The van der Waals surface area contributed by atoms with Crippen LogP contribution in [0.1, 0.15) is 30.8 Å². The number of hydrogen-bond acceptors (Lipinski definition) is 3. The molecule has 0 aromatic carbocycles. The van der Waals surface area contributed by atoms with E-state index in [1.54, 1.807) is 0 Å². The Bertz CT molecular complexity index is 501.